The summed E-state index contributed by atoms with van der Waals surface area (Å²) in [5.74, 6) is -0.876. The summed E-state index contributed by atoms with van der Waals surface area (Å²) in [6.45, 7) is 5.26. The van der Waals surface area contributed by atoms with Gasteiger partial charge in [-0.25, -0.2) is 8.42 Å². The summed E-state index contributed by atoms with van der Waals surface area (Å²) in [7, 11) is -4.14. The summed E-state index contributed by atoms with van der Waals surface area (Å²) in [6, 6.07) is 18.6. The van der Waals surface area contributed by atoms with E-state index in [1.165, 1.54) is 29.2 Å². The number of hydrogen-bond donors (Lipinski definition) is 1. The molecule has 0 fully saturated rings. The number of nitrogens with one attached hydrogen (secondary N) is 1. The molecule has 0 bridgehead atoms. The number of halogens is 2. The second-order valence-electron chi connectivity index (χ2n) is 8.52. The van der Waals surface area contributed by atoms with Gasteiger partial charge in [0.15, 0.2) is 0 Å². The van der Waals surface area contributed by atoms with Gasteiger partial charge >= 0.3 is 0 Å². The summed E-state index contributed by atoms with van der Waals surface area (Å²) in [6.07, 6.45) is 0. The van der Waals surface area contributed by atoms with E-state index in [9.17, 15) is 18.0 Å². The Morgan fingerprint density at radius 2 is 1.43 bits per heavy atom. The van der Waals surface area contributed by atoms with Crippen molar-refractivity contribution in [3.05, 3.63) is 94.0 Å². The van der Waals surface area contributed by atoms with Gasteiger partial charge in [0, 0.05) is 23.1 Å². The Hall–Kier alpha value is -3.07. The van der Waals surface area contributed by atoms with Crippen LogP contribution >= 0.6 is 23.2 Å². The number of carbonyl (C=O) groups is 2. The van der Waals surface area contributed by atoms with Gasteiger partial charge in [0.2, 0.25) is 11.8 Å². The van der Waals surface area contributed by atoms with Crippen LogP contribution in [0.25, 0.3) is 0 Å². The van der Waals surface area contributed by atoms with Crippen LogP contribution in [0.1, 0.15) is 25.0 Å². The van der Waals surface area contributed by atoms with Crippen LogP contribution in [0.15, 0.2) is 77.7 Å². The van der Waals surface area contributed by atoms with Crippen molar-refractivity contribution in [1.29, 1.82) is 0 Å². The molecule has 0 heterocycles. The molecule has 10 heteroatoms. The van der Waals surface area contributed by atoms with Crippen LogP contribution in [-0.4, -0.2) is 44.3 Å². The number of rotatable bonds is 10. The van der Waals surface area contributed by atoms with Crippen molar-refractivity contribution in [2.24, 2.45) is 0 Å². The van der Waals surface area contributed by atoms with Gasteiger partial charge in [0.25, 0.3) is 10.0 Å². The molecule has 3 aromatic carbocycles. The summed E-state index contributed by atoms with van der Waals surface area (Å²) in [5.41, 5.74) is 2.01. The highest BCUT2D eigenvalue weighted by molar-refractivity contribution is 7.92. The van der Waals surface area contributed by atoms with Crippen molar-refractivity contribution in [1.82, 2.24) is 10.2 Å². The van der Waals surface area contributed by atoms with Crippen LogP contribution in [0.3, 0.4) is 0 Å². The lowest BCUT2D eigenvalue weighted by Gasteiger charge is -2.32. The molecule has 1 N–H and O–H groups in total. The lowest BCUT2D eigenvalue weighted by molar-refractivity contribution is -0.139. The number of nitrogens with zero attached hydrogens (tertiary/aromatic N) is 2. The third-order valence-corrected chi connectivity index (χ3v) is 8.08. The molecule has 0 unspecified atom stereocenters. The molecule has 3 rings (SSSR count). The van der Waals surface area contributed by atoms with Crippen molar-refractivity contribution in [3.63, 3.8) is 0 Å². The molecule has 0 saturated carbocycles. The van der Waals surface area contributed by atoms with Gasteiger partial charge in [-0.2, -0.15) is 0 Å². The molecule has 0 aliphatic heterocycles. The SMILES string of the molecule is CCNC(=O)[C@@H](C)N(Cc1ccc(Cl)cc1)C(=O)CN(c1ccc(C)cc1)S(=O)(=O)c1ccc(Cl)cc1. The second-order valence-corrected chi connectivity index (χ2v) is 11.3. The van der Waals surface area contributed by atoms with Gasteiger partial charge < -0.3 is 10.2 Å². The number of benzene rings is 3. The second kappa shape index (κ2) is 12.4. The molecule has 37 heavy (non-hydrogen) atoms. The molecule has 0 saturated heterocycles. The largest absolute Gasteiger partial charge is 0.355 e. The zero-order valence-corrected chi connectivity index (χ0v) is 23.1. The monoisotopic (exact) mass is 561 g/mol. The first-order chi connectivity index (χ1) is 17.5. The van der Waals surface area contributed by atoms with Crippen molar-refractivity contribution < 1.29 is 18.0 Å². The highest BCUT2D eigenvalue weighted by Crippen LogP contribution is 2.26. The molecular formula is C27H29Cl2N3O4S. The molecule has 196 valence electrons. The van der Waals surface area contributed by atoms with Gasteiger partial charge in [0.1, 0.15) is 12.6 Å². The normalized spacial score (nSPS) is 12.0. The Kier molecular flexibility index (Phi) is 9.59. The molecular weight excluding hydrogens is 533 g/mol. The van der Waals surface area contributed by atoms with Crippen molar-refractivity contribution in [2.45, 2.75) is 38.3 Å². The maximum atomic E-state index is 13.7. The first kappa shape index (κ1) is 28.5. The molecule has 0 aromatic heterocycles. The first-order valence-electron chi connectivity index (χ1n) is 11.7. The fourth-order valence-corrected chi connectivity index (χ4v) is 5.33. The Bertz CT molecular complexity index is 1330. The van der Waals surface area contributed by atoms with Crippen LogP contribution in [0.5, 0.6) is 0 Å². The molecule has 0 aliphatic rings. The van der Waals surface area contributed by atoms with Gasteiger partial charge in [-0.1, -0.05) is 53.0 Å². The van der Waals surface area contributed by atoms with Crippen molar-refractivity contribution >= 4 is 50.7 Å². The summed E-state index contributed by atoms with van der Waals surface area (Å²) in [4.78, 5) is 27.8. The number of hydrogen-bond acceptors (Lipinski definition) is 4. The van der Waals surface area contributed by atoms with E-state index in [-0.39, 0.29) is 17.3 Å². The van der Waals surface area contributed by atoms with E-state index in [1.807, 2.05) is 6.92 Å². The zero-order chi connectivity index (χ0) is 27.2. The number of carbonyl (C=O) groups excluding carboxylic acids is 2. The van der Waals surface area contributed by atoms with E-state index in [1.54, 1.807) is 62.4 Å². The Morgan fingerprint density at radius 1 is 0.892 bits per heavy atom. The average Bonchev–Trinajstić information content (AvgIpc) is 2.87. The molecule has 2 amide bonds. The maximum absolute atomic E-state index is 13.7. The number of likely N-dealkylation sites (N-methyl/N-ethyl adjacent to an activating group) is 1. The predicted molar refractivity (Wildman–Crippen MR) is 147 cm³/mol. The fourth-order valence-electron chi connectivity index (χ4n) is 3.66. The first-order valence-corrected chi connectivity index (χ1v) is 13.9. The van der Waals surface area contributed by atoms with Gasteiger partial charge in [-0.15, -0.1) is 0 Å². The molecule has 1 atom stereocenters. The number of sulfonamides is 1. The Labute approximate surface area is 228 Å². The fraction of sp³-hybridized carbons (Fsp3) is 0.259. The highest BCUT2D eigenvalue weighted by atomic mass is 35.5. The van der Waals surface area contributed by atoms with Crippen LogP contribution in [-0.2, 0) is 26.2 Å². The predicted octanol–water partition coefficient (Wildman–Crippen LogP) is 5.05. The highest BCUT2D eigenvalue weighted by Gasteiger charge is 2.32. The number of anilines is 1. The molecule has 0 aliphatic carbocycles. The number of amides is 2. The van der Waals surface area contributed by atoms with Crippen molar-refractivity contribution in [3.8, 4) is 0 Å². The van der Waals surface area contributed by atoms with E-state index >= 15 is 0 Å². The minimum Gasteiger partial charge on any atom is -0.355 e. The molecule has 0 radical (unpaired) electrons. The zero-order valence-electron chi connectivity index (χ0n) is 20.8. The van der Waals surface area contributed by atoms with Gasteiger partial charge in [-0.05, 0) is 74.9 Å². The smallest absolute Gasteiger partial charge is 0.264 e. The lowest BCUT2D eigenvalue weighted by Crippen LogP contribution is -2.51. The Balaban J connectivity index is 2.01. The standard InChI is InChI=1S/C27H29Cl2N3O4S/c1-4-30-27(34)20(3)31(17-21-7-9-22(28)10-8-21)26(33)18-32(24-13-5-19(2)6-14-24)37(35,36)25-15-11-23(29)12-16-25/h5-16,20H,4,17-18H2,1-3H3,(H,30,34)/t20-/m1/s1. The summed E-state index contributed by atoms with van der Waals surface area (Å²) < 4.78 is 28.5. The maximum Gasteiger partial charge on any atom is 0.264 e. The Morgan fingerprint density at radius 3 is 1.97 bits per heavy atom. The summed E-state index contributed by atoms with van der Waals surface area (Å²) in [5, 5.41) is 3.66. The topological polar surface area (TPSA) is 86.8 Å². The minimum absolute atomic E-state index is 0.00805. The lowest BCUT2D eigenvalue weighted by atomic mass is 10.1. The van der Waals surface area contributed by atoms with Crippen LogP contribution in [0.4, 0.5) is 5.69 Å². The minimum atomic E-state index is -4.14. The van der Waals surface area contributed by atoms with Crippen molar-refractivity contribution in [2.75, 3.05) is 17.4 Å². The quantitative estimate of drug-likeness (QED) is 0.375. The third-order valence-electron chi connectivity index (χ3n) is 5.79. The van der Waals surface area contributed by atoms with Crippen LogP contribution < -0.4 is 9.62 Å². The summed E-state index contributed by atoms with van der Waals surface area (Å²) >= 11 is 12.0. The van der Waals surface area contributed by atoms with Crippen LogP contribution in [0, 0.1) is 6.92 Å². The van der Waals surface area contributed by atoms with Gasteiger partial charge in [-0.3, -0.25) is 13.9 Å². The molecule has 0 spiro atoms. The molecule has 3 aromatic rings. The third kappa shape index (κ3) is 7.25. The van der Waals surface area contributed by atoms with E-state index in [2.05, 4.69) is 5.32 Å². The van der Waals surface area contributed by atoms with E-state index in [4.69, 9.17) is 23.2 Å². The van der Waals surface area contributed by atoms with E-state index in [0.29, 0.717) is 22.3 Å². The molecule has 7 nitrogen and oxygen atoms in total. The average molecular weight is 563 g/mol. The van der Waals surface area contributed by atoms with Gasteiger partial charge in [0.05, 0.1) is 10.6 Å². The van der Waals surface area contributed by atoms with E-state index < -0.39 is 28.5 Å². The van der Waals surface area contributed by atoms with E-state index in [0.717, 1.165) is 15.4 Å². The number of aryl methyl sites for hydroxylation is 1. The van der Waals surface area contributed by atoms with Crippen LogP contribution in [0.2, 0.25) is 10.0 Å².